The van der Waals surface area contributed by atoms with Gasteiger partial charge in [-0.15, -0.1) is 0 Å². The van der Waals surface area contributed by atoms with Crippen LogP contribution in [0, 0.1) is 119 Å². The number of hydrogen-bond donors (Lipinski definition) is 4. The van der Waals surface area contributed by atoms with Gasteiger partial charge in [0.15, 0.2) is 0 Å². The third-order valence-electron chi connectivity index (χ3n) is 27.3. The van der Waals surface area contributed by atoms with Crippen molar-refractivity contribution in [2.75, 3.05) is 13.2 Å². The van der Waals surface area contributed by atoms with Gasteiger partial charge in [0.25, 0.3) is 0 Å². The van der Waals surface area contributed by atoms with Crippen molar-refractivity contribution in [2.45, 2.75) is 231 Å². The molecule has 366 valence electrons. The molecule has 10 fully saturated rings. The van der Waals surface area contributed by atoms with Gasteiger partial charge in [0.05, 0.1) is 12.2 Å². The number of hydrogen-bond acceptors (Lipinski definition) is 4. The quantitative estimate of drug-likeness (QED) is 0.212. The van der Waals surface area contributed by atoms with Crippen LogP contribution in [0.1, 0.15) is 218 Å². The number of aliphatic hydroxyl groups is 4. The minimum atomic E-state index is -0.147. The Morgan fingerprint density at radius 1 is 0.469 bits per heavy atom. The van der Waals surface area contributed by atoms with Gasteiger partial charge in [-0.1, -0.05) is 95.2 Å². The zero-order valence-electron chi connectivity index (χ0n) is 44.1. The van der Waals surface area contributed by atoms with Gasteiger partial charge in [0.1, 0.15) is 0 Å². The molecule has 10 aliphatic rings. The Morgan fingerprint density at radius 2 is 0.891 bits per heavy atom. The fourth-order valence-corrected chi connectivity index (χ4v) is 23.3. The Balaban J connectivity index is 0.000000162. The highest BCUT2D eigenvalue weighted by Gasteiger charge is 2.73. The predicted octanol–water partition coefficient (Wildman–Crippen LogP) is 14.1. The van der Waals surface area contributed by atoms with Gasteiger partial charge in [0.2, 0.25) is 0 Å². The summed E-state index contributed by atoms with van der Waals surface area (Å²) in [5.74, 6) is 7.78. The molecule has 0 amide bonds. The molecule has 64 heavy (non-hydrogen) atoms. The third-order valence-corrected chi connectivity index (χ3v) is 27.3. The van der Waals surface area contributed by atoms with Gasteiger partial charge in [-0.3, -0.25) is 0 Å². The van der Waals surface area contributed by atoms with E-state index in [1.54, 1.807) is 0 Å². The van der Waals surface area contributed by atoms with E-state index in [9.17, 15) is 20.4 Å². The summed E-state index contributed by atoms with van der Waals surface area (Å²) in [7, 11) is 0. The van der Waals surface area contributed by atoms with Crippen LogP contribution < -0.4 is 0 Å². The summed E-state index contributed by atoms with van der Waals surface area (Å²) in [6, 6.07) is 0. The first-order valence-electron chi connectivity index (χ1n) is 28.0. The van der Waals surface area contributed by atoms with Crippen LogP contribution in [0.5, 0.6) is 0 Å². The standard InChI is InChI=1S/C30H52O2.C30H50O2/c2*1-19(2)20-10-15-30(18-31)17-16-28(6)21(25(20)30)8-9-23-27(5)13-12-24(32)26(3,4)22(27)11-14-29(23,28)7/h19-25,31-32H,8-18H2,1-7H3;20-25,31-32H,1,8-18H2,2-7H3/t2*20-,21+,22-,23+,24-,25+,27-,28+,29+,30+/m00/s1. The number of allylic oxidation sites excluding steroid dienone is 1. The van der Waals surface area contributed by atoms with E-state index >= 15 is 0 Å². The lowest BCUT2D eigenvalue weighted by Crippen LogP contribution is -2.66. The first kappa shape index (κ1) is 48.6. The summed E-state index contributed by atoms with van der Waals surface area (Å²) in [4.78, 5) is 0. The van der Waals surface area contributed by atoms with Crippen LogP contribution in [-0.2, 0) is 0 Å². The highest BCUT2D eigenvalue weighted by atomic mass is 16.3. The zero-order chi connectivity index (χ0) is 46.6. The van der Waals surface area contributed by atoms with Crippen molar-refractivity contribution in [1.29, 1.82) is 0 Å². The SMILES string of the molecule is C=C(C)[C@@H]1CC[C@]2(CO)CC[C@]3(C)[C@H](CC[C@@H]4[C@@]5(C)CC[C@H](O)C(C)(C)[C@@H]5CC[C@]43C)[C@@H]12.CC(C)[C@@H]1CC[C@]2(CO)CC[C@]3(C)[C@H](CC[C@@H]4[C@@]5(C)CC[C@H](O)C(C)(C)[C@@H]5CC[C@]43C)[C@@H]12. The monoisotopic (exact) mass is 887 g/mol. The van der Waals surface area contributed by atoms with Crippen molar-refractivity contribution in [3.63, 3.8) is 0 Å². The summed E-state index contributed by atoms with van der Waals surface area (Å²) in [6.07, 6.45) is 24.8. The number of rotatable bonds is 4. The average molecular weight is 887 g/mol. The summed E-state index contributed by atoms with van der Waals surface area (Å²) >= 11 is 0. The van der Waals surface area contributed by atoms with E-state index in [4.69, 9.17) is 0 Å². The normalized spacial score (nSPS) is 56.7. The molecule has 0 heterocycles. The molecule has 0 unspecified atom stereocenters. The van der Waals surface area contributed by atoms with E-state index in [0.717, 1.165) is 54.3 Å². The average Bonchev–Trinajstić information content (AvgIpc) is 3.83. The lowest BCUT2D eigenvalue weighted by Gasteiger charge is -2.73. The Bertz CT molecular complexity index is 1780. The molecular weight excluding hydrogens is 785 g/mol. The molecule has 0 aromatic rings. The summed E-state index contributed by atoms with van der Waals surface area (Å²) in [5, 5.41) is 43.1. The van der Waals surface area contributed by atoms with E-state index in [0.29, 0.717) is 69.4 Å². The maximum absolute atomic E-state index is 10.9. The van der Waals surface area contributed by atoms with Gasteiger partial charge in [-0.25, -0.2) is 0 Å². The molecule has 0 aromatic carbocycles. The molecule has 0 spiro atoms. The Hall–Kier alpha value is -0.420. The van der Waals surface area contributed by atoms with E-state index in [2.05, 4.69) is 96.6 Å². The van der Waals surface area contributed by atoms with Crippen molar-refractivity contribution < 1.29 is 20.4 Å². The summed E-state index contributed by atoms with van der Waals surface area (Å²) in [6.45, 7) is 37.8. The van der Waals surface area contributed by atoms with Gasteiger partial charge < -0.3 is 20.4 Å². The Labute approximate surface area is 394 Å². The molecule has 4 nitrogen and oxygen atoms in total. The molecule has 4 heteroatoms. The smallest absolute Gasteiger partial charge is 0.0594 e. The van der Waals surface area contributed by atoms with Gasteiger partial charge in [-0.2, -0.15) is 0 Å². The van der Waals surface area contributed by atoms with E-state index in [1.165, 1.54) is 121 Å². The van der Waals surface area contributed by atoms with Crippen molar-refractivity contribution >= 4 is 0 Å². The highest BCUT2D eigenvalue weighted by molar-refractivity contribution is 5.23. The molecular formula is C60H102O4. The molecule has 0 aliphatic heterocycles. The van der Waals surface area contributed by atoms with Crippen LogP contribution in [0.3, 0.4) is 0 Å². The molecule has 0 bridgehead atoms. The largest absolute Gasteiger partial charge is 0.396 e. The lowest BCUT2D eigenvalue weighted by molar-refractivity contribution is -0.251. The van der Waals surface area contributed by atoms with Gasteiger partial charge in [0, 0.05) is 13.2 Å². The molecule has 0 radical (unpaired) electrons. The summed E-state index contributed by atoms with van der Waals surface area (Å²) in [5.41, 5.74) is 4.00. The van der Waals surface area contributed by atoms with Crippen molar-refractivity contribution in [1.82, 2.24) is 0 Å². The Morgan fingerprint density at radius 3 is 1.31 bits per heavy atom. The maximum atomic E-state index is 10.9. The fraction of sp³-hybridized carbons (Fsp3) is 0.967. The highest BCUT2D eigenvalue weighted by Crippen LogP contribution is 2.79. The van der Waals surface area contributed by atoms with Gasteiger partial charge in [-0.05, 0) is 255 Å². The third kappa shape index (κ3) is 6.16. The lowest BCUT2D eigenvalue weighted by atomic mass is 9.32. The second kappa shape index (κ2) is 15.5. The number of aliphatic hydroxyl groups excluding tert-OH is 4. The molecule has 20 atom stereocenters. The predicted molar refractivity (Wildman–Crippen MR) is 264 cm³/mol. The topological polar surface area (TPSA) is 80.9 Å². The van der Waals surface area contributed by atoms with Crippen LogP contribution in [0.25, 0.3) is 0 Å². The minimum Gasteiger partial charge on any atom is -0.396 e. The van der Waals surface area contributed by atoms with Crippen LogP contribution in [0.4, 0.5) is 0 Å². The molecule has 10 rings (SSSR count). The van der Waals surface area contributed by atoms with Crippen molar-refractivity contribution in [2.24, 2.45) is 119 Å². The first-order chi connectivity index (χ1) is 29.7. The molecule has 0 saturated heterocycles. The van der Waals surface area contributed by atoms with E-state index in [-0.39, 0.29) is 33.9 Å². The van der Waals surface area contributed by atoms with Crippen LogP contribution in [-0.4, -0.2) is 45.8 Å². The minimum absolute atomic E-state index is 0.0290. The first-order valence-corrected chi connectivity index (χ1v) is 28.0. The van der Waals surface area contributed by atoms with E-state index in [1.807, 2.05) is 0 Å². The second-order valence-corrected chi connectivity index (χ2v) is 29.6. The molecule has 10 aliphatic carbocycles. The van der Waals surface area contributed by atoms with E-state index < -0.39 is 0 Å². The maximum Gasteiger partial charge on any atom is 0.0594 e. The van der Waals surface area contributed by atoms with Crippen LogP contribution in [0.15, 0.2) is 12.2 Å². The zero-order valence-corrected chi connectivity index (χ0v) is 44.1. The van der Waals surface area contributed by atoms with Gasteiger partial charge >= 0.3 is 0 Å². The summed E-state index contributed by atoms with van der Waals surface area (Å²) < 4.78 is 0. The van der Waals surface area contributed by atoms with Crippen LogP contribution >= 0.6 is 0 Å². The Kier molecular flexibility index (Phi) is 11.8. The molecule has 4 N–H and O–H groups in total. The van der Waals surface area contributed by atoms with Crippen LogP contribution in [0.2, 0.25) is 0 Å². The molecule has 0 aromatic heterocycles. The second-order valence-electron chi connectivity index (χ2n) is 29.6. The van der Waals surface area contributed by atoms with Crippen molar-refractivity contribution in [3.8, 4) is 0 Å². The number of fused-ring (bicyclic) bond motifs is 14. The molecule has 10 saturated carbocycles. The van der Waals surface area contributed by atoms with Crippen molar-refractivity contribution in [3.05, 3.63) is 12.2 Å². The fourth-order valence-electron chi connectivity index (χ4n) is 23.3.